The van der Waals surface area contributed by atoms with Crippen molar-refractivity contribution in [3.05, 3.63) is 56.2 Å². The van der Waals surface area contributed by atoms with Gasteiger partial charge in [0.2, 0.25) is 11.7 Å². The van der Waals surface area contributed by atoms with Crippen molar-refractivity contribution in [3.8, 4) is 11.6 Å². The van der Waals surface area contributed by atoms with E-state index < -0.39 is 10.7 Å². The van der Waals surface area contributed by atoms with Crippen molar-refractivity contribution in [1.82, 2.24) is 4.98 Å². The Hall–Kier alpha value is -2.71. The number of ether oxygens (including phenoxy) is 3. The molecule has 0 bridgehead atoms. The minimum absolute atomic E-state index is 0.0635. The van der Waals surface area contributed by atoms with Crippen LogP contribution in [0.5, 0.6) is 11.6 Å². The van der Waals surface area contributed by atoms with Crippen LogP contribution >= 0.6 is 11.6 Å². The summed E-state index contributed by atoms with van der Waals surface area (Å²) in [5, 5.41) is 11.7. The fourth-order valence-electron chi connectivity index (χ4n) is 2.27. The fraction of sp³-hybridized carbons (Fsp3) is 0.250. The SMILES string of the molecule is COCc1cc(Cl)cc(C(=O)c2cc(OC)cc(OC)n2)c1[N+](=O)[O-]. The van der Waals surface area contributed by atoms with Crippen LogP contribution in [0.3, 0.4) is 0 Å². The highest BCUT2D eigenvalue weighted by Crippen LogP contribution is 2.31. The molecule has 0 radical (unpaired) electrons. The summed E-state index contributed by atoms with van der Waals surface area (Å²) in [7, 11) is 4.19. The van der Waals surface area contributed by atoms with Crippen LogP contribution in [-0.2, 0) is 11.3 Å². The van der Waals surface area contributed by atoms with E-state index in [2.05, 4.69) is 4.98 Å². The number of carbonyl (C=O) groups is 1. The van der Waals surface area contributed by atoms with Gasteiger partial charge in [-0.15, -0.1) is 0 Å². The van der Waals surface area contributed by atoms with E-state index in [1.807, 2.05) is 0 Å². The minimum Gasteiger partial charge on any atom is -0.496 e. The van der Waals surface area contributed by atoms with Crippen LogP contribution in [-0.4, -0.2) is 37.0 Å². The molecule has 2 rings (SSSR count). The van der Waals surface area contributed by atoms with Crippen LogP contribution in [0.25, 0.3) is 0 Å². The van der Waals surface area contributed by atoms with Crippen molar-refractivity contribution >= 4 is 23.1 Å². The zero-order valence-corrected chi connectivity index (χ0v) is 14.5. The van der Waals surface area contributed by atoms with Gasteiger partial charge >= 0.3 is 0 Å². The molecule has 2 aromatic rings. The summed E-state index contributed by atoms with van der Waals surface area (Å²) in [6.07, 6.45) is 0. The number of ketones is 1. The number of pyridine rings is 1. The summed E-state index contributed by atoms with van der Waals surface area (Å²) in [4.78, 5) is 27.7. The topological polar surface area (TPSA) is 101 Å². The van der Waals surface area contributed by atoms with Gasteiger partial charge in [0.05, 0.1) is 31.3 Å². The first kappa shape index (κ1) is 18.6. The molecule has 0 atom stereocenters. The monoisotopic (exact) mass is 366 g/mol. The van der Waals surface area contributed by atoms with Gasteiger partial charge in [0.15, 0.2) is 0 Å². The van der Waals surface area contributed by atoms with Crippen molar-refractivity contribution in [2.24, 2.45) is 0 Å². The van der Waals surface area contributed by atoms with Gasteiger partial charge in [0, 0.05) is 24.3 Å². The number of hydrogen-bond donors (Lipinski definition) is 0. The highest BCUT2D eigenvalue weighted by atomic mass is 35.5. The Balaban J connectivity index is 2.65. The zero-order valence-electron chi connectivity index (χ0n) is 13.7. The number of hydrogen-bond acceptors (Lipinski definition) is 7. The Labute approximate surface area is 148 Å². The van der Waals surface area contributed by atoms with Crippen molar-refractivity contribution in [2.75, 3.05) is 21.3 Å². The molecule has 0 saturated heterocycles. The summed E-state index contributed by atoms with van der Waals surface area (Å²) in [6.45, 7) is -0.0635. The molecule has 25 heavy (non-hydrogen) atoms. The third-order valence-corrected chi connectivity index (χ3v) is 3.55. The number of halogens is 1. The number of methoxy groups -OCH3 is 3. The van der Waals surface area contributed by atoms with E-state index in [0.29, 0.717) is 5.75 Å². The Morgan fingerprint density at radius 3 is 2.48 bits per heavy atom. The van der Waals surface area contributed by atoms with Crippen molar-refractivity contribution in [2.45, 2.75) is 6.61 Å². The quantitative estimate of drug-likeness (QED) is 0.421. The molecule has 0 fully saturated rings. The molecule has 0 N–H and O–H groups in total. The van der Waals surface area contributed by atoms with E-state index in [0.717, 1.165) is 0 Å². The van der Waals surface area contributed by atoms with Crippen LogP contribution in [0, 0.1) is 10.1 Å². The standard InChI is InChI=1S/C16H15ClN2O6/c1-23-8-9-4-10(17)5-12(15(9)19(21)22)16(20)13-6-11(24-2)7-14(18-13)25-3/h4-7H,8H2,1-3H3. The third kappa shape index (κ3) is 4.04. The summed E-state index contributed by atoms with van der Waals surface area (Å²) in [5.41, 5.74) is -0.435. The van der Waals surface area contributed by atoms with E-state index in [4.69, 9.17) is 25.8 Å². The van der Waals surface area contributed by atoms with Gasteiger partial charge in [-0.2, -0.15) is 0 Å². The number of nitro groups is 1. The molecule has 1 aromatic carbocycles. The normalized spacial score (nSPS) is 10.4. The number of rotatable bonds is 7. The van der Waals surface area contributed by atoms with Crippen LogP contribution in [0.15, 0.2) is 24.3 Å². The number of aromatic nitrogens is 1. The van der Waals surface area contributed by atoms with E-state index >= 15 is 0 Å². The molecule has 1 heterocycles. The second-order valence-electron chi connectivity index (χ2n) is 4.91. The number of nitrogens with zero attached hydrogens (tertiary/aromatic N) is 2. The number of nitro benzene ring substituents is 1. The predicted molar refractivity (Wildman–Crippen MR) is 89.6 cm³/mol. The number of carbonyl (C=O) groups excluding carboxylic acids is 1. The fourth-order valence-corrected chi connectivity index (χ4v) is 2.51. The van der Waals surface area contributed by atoms with E-state index in [1.54, 1.807) is 0 Å². The summed E-state index contributed by atoms with van der Waals surface area (Å²) in [5.74, 6) is -0.203. The van der Waals surface area contributed by atoms with Crippen LogP contribution in [0.2, 0.25) is 5.02 Å². The maximum atomic E-state index is 12.8. The van der Waals surface area contributed by atoms with Crippen molar-refractivity contribution in [1.29, 1.82) is 0 Å². The zero-order chi connectivity index (χ0) is 18.6. The largest absolute Gasteiger partial charge is 0.496 e. The molecule has 0 amide bonds. The lowest BCUT2D eigenvalue weighted by molar-refractivity contribution is -0.386. The van der Waals surface area contributed by atoms with Gasteiger partial charge in [-0.05, 0) is 12.1 Å². The highest BCUT2D eigenvalue weighted by Gasteiger charge is 2.27. The first-order valence-electron chi connectivity index (χ1n) is 7.01. The van der Waals surface area contributed by atoms with Gasteiger partial charge in [0.1, 0.15) is 17.0 Å². The Morgan fingerprint density at radius 2 is 1.92 bits per heavy atom. The average Bonchev–Trinajstić information content (AvgIpc) is 2.59. The van der Waals surface area contributed by atoms with Crippen molar-refractivity contribution in [3.63, 3.8) is 0 Å². The first-order chi connectivity index (χ1) is 11.9. The van der Waals surface area contributed by atoms with Gasteiger partial charge in [-0.3, -0.25) is 14.9 Å². The van der Waals surface area contributed by atoms with Crippen LogP contribution in [0.4, 0.5) is 5.69 Å². The van der Waals surface area contributed by atoms with Gasteiger partial charge in [-0.25, -0.2) is 4.98 Å². The lowest BCUT2D eigenvalue weighted by Crippen LogP contribution is -2.11. The maximum absolute atomic E-state index is 12.8. The van der Waals surface area contributed by atoms with Gasteiger partial charge in [-0.1, -0.05) is 11.6 Å². The second kappa shape index (κ2) is 7.91. The van der Waals surface area contributed by atoms with E-state index in [-0.39, 0.29) is 40.0 Å². The Morgan fingerprint density at radius 1 is 1.20 bits per heavy atom. The molecular formula is C16H15ClN2O6. The predicted octanol–water partition coefficient (Wildman–Crippen LogP) is 3.04. The molecular weight excluding hydrogens is 352 g/mol. The lowest BCUT2D eigenvalue weighted by atomic mass is 10.0. The summed E-state index contributed by atoms with van der Waals surface area (Å²) >= 11 is 6.01. The van der Waals surface area contributed by atoms with Crippen molar-refractivity contribution < 1.29 is 23.9 Å². The minimum atomic E-state index is -0.677. The second-order valence-corrected chi connectivity index (χ2v) is 5.35. The van der Waals surface area contributed by atoms with E-state index in [1.165, 1.54) is 45.6 Å². The first-order valence-corrected chi connectivity index (χ1v) is 7.39. The Bertz CT molecular complexity index is 802. The molecule has 0 aliphatic heterocycles. The van der Waals surface area contributed by atoms with Crippen LogP contribution < -0.4 is 9.47 Å². The lowest BCUT2D eigenvalue weighted by Gasteiger charge is -2.10. The molecule has 0 spiro atoms. The highest BCUT2D eigenvalue weighted by molar-refractivity contribution is 6.31. The third-order valence-electron chi connectivity index (χ3n) is 3.33. The van der Waals surface area contributed by atoms with E-state index in [9.17, 15) is 14.9 Å². The molecule has 0 unspecified atom stereocenters. The number of benzene rings is 1. The smallest absolute Gasteiger partial charge is 0.286 e. The summed E-state index contributed by atoms with van der Waals surface area (Å²) in [6, 6.07) is 5.47. The maximum Gasteiger partial charge on any atom is 0.286 e. The average molecular weight is 367 g/mol. The molecule has 0 aliphatic carbocycles. The Kier molecular flexibility index (Phi) is 5.89. The van der Waals surface area contributed by atoms with Gasteiger partial charge < -0.3 is 14.2 Å². The molecule has 9 heteroatoms. The summed E-state index contributed by atoms with van der Waals surface area (Å²) < 4.78 is 15.1. The molecule has 8 nitrogen and oxygen atoms in total. The van der Waals surface area contributed by atoms with Gasteiger partial charge in [0.25, 0.3) is 5.69 Å². The molecule has 132 valence electrons. The van der Waals surface area contributed by atoms with Crippen LogP contribution in [0.1, 0.15) is 21.6 Å². The molecule has 0 saturated carbocycles. The molecule has 1 aromatic heterocycles. The molecule has 0 aliphatic rings.